The van der Waals surface area contributed by atoms with Crippen LogP contribution in [0.15, 0.2) is 65.8 Å². The molecule has 2 aromatic carbocycles. The number of anilines is 1. The molecule has 1 aliphatic rings. The number of benzene rings is 2. The average molecular weight is 408 g/mol. The number of likely N-dealkylation sites (tertiary alicyclic amines) is 1. The molecule has 29 heavy (non-hydrogen) atoms. The summed E-state index contributed by atoms with van der Waals surface area (Å²) < 4.78 is 2.15. The number of aromatic nitrogens is 3. The predicted molar refractivity (Wildman–Crippen MR) is 116 cm³/mol. The summed E-state index contributed by atoms with van der Waals surface area (Å²) in [6, 6.07) is 19.8. The van der Waals surface area contributed by atoms with Crippen molar-refractivity contribution in [1.29, 1.82) is 0 Å². The van der Waals surface area contributed by atoms with Gasteiger partial charge in [0.05, 0.1) is 18.8 Å². The number of rotatable bonds is 8. The van der Waals surface area contributed by atoms with Gasteiger partial charge >= 0.3 is 0 Å². The van der Waals surface area contributed by atoms with Crippen molar-refractivity contribution in [2.24, 2.45) is 0 Å². The van der Waals surface area contributed by atoms with Crippen LogP contribution in [0.1, 0.15) is 24.2 Å². The quantitative estimate of drug-likeness (QED) is 0.578. The molecule has 0 spiro atoms. The van der Waals surface area contributed by atoms with Crippen molar-refractivity contribution in [3.63, 3.8) is 0 Å². The smallest absolute Gasteiger partial charge is 0.234 e. The van der Waals surface area contributed by atoms with Crippen molar-refractivity contribution in [2.45, 2.75) is 31.1 Å². The molecule has 1 aromatic heterocycles. The lowest BCUT2D eigenvalue weighted by atomic mass is 10.2. The molecule has 0 radical (unpaired) electrons. The molecule has 1 fully saturated rings. The number of para-hydroxylation sites is 1. The normalized spacial score (nSPS) is 14.2. The van der Waals surface area contributed by atoms with Gasteiger partial charge in [0.1, 0.15) is 5.82 Å². The molecule has 1 amide bonds. The molecule has 7 heteroatoms. The Balaban J connectivity index is 1.46. The van der Waals surface area contributed by atoms with E-state index in [0.717, 1.165) is 36.3 Å². The lowest BCUT2D eigenvalue weighted by Crippen LogP contribution is -2.22. The van der Waals surface area contributed by atoms with Crippen LogP contribution in [0.25, 0.3) is 0 Å². The SMILES string of the molecule is O=C(CSc1nnc(CN2CCCC2)n1Cc1ccccc1)Nc1ccccc1. The van der Waals surface area contributed by atoms with Crippen molar-refractivity contribution in [1.82, 2.24) is 19.7 Å². The van der Waals surface area contributed by atoms with Crippen molar-refractivity contribution < 1.29 is 4.79 Å². The second-order valence-electron chi connectivity index (χ2n) is 7.16. The van der Waals surface area contributed by atoms with E-state index in [9.17, 15) is 4.79 Å². The molecular weight excluding hydrogens is 382 g/mol. The monoisotopic (exact) mass is 407 g/mol. The van der Waals surface area contributed by atoms with Crippen LogP contribution < -0.4 is 5.32 Å². The van der Waals surface area contributed by atoms with E-state index in [2.05, 4.69) is 37.1 Å². The largest absolute Gasteiger partial charge is 0.325 e. The van der Waals surface area contributed by atoms with E-state index < -0.39 is 0 Å². The van der Waals surface area contributed by atoms with Gasteiger partial charge in [-0.3, -0.25) is 9.69 Å². The van der Waals surface area contributed by atoms with Crippen molar-refractivity contribution in [3.05, 3.63) is 72.1 Å². The fraction of sp³-hybridized carbons (Fsp3) is 0.318. The van der Waals surface area contributed by atoms with E-state index in [0.29, 0.717) is 12.3 Å². The summed E-state index contributed by atoms with van der Waals surface area (Å²) >= 11 is 1.43. The minimum absolute atomic E-state index is 0.0449. The maximum Gasteiger partial charge on any atom is 0.234 e. The molecule has 1 saturated heterocycles. The van der Waals surface area contributed by atoms with Crippen molar-refractivity contribution in [2.75, 3.05) is 24.2 Å². The van der Waals surface area contributed by atoms with Crippen LogP contribution in [-0.4, -0.2) is 44.4 Å². The Kier molecular flexibility index (Phi) is 6.59. The first-order valence-corrected chi connectivity index (χ1v) is 10.9. The fourth-order valence-corrected chi connectivity index (χ4v) is 4.21. The van der Waals surface area contributed by atoms with E-state index in [1.54, 1.807) is 0 Å². The van der Waals surface area contributed by atoms with Crippen molar-refractivity contribution in [3.8, 4) is 0 Å². The van der Waals surface area contributed by atoms with Crippen LogP contribution in [0.5, 0.6) is 0 Å². The first-order chi connectivity index (χ1) is 14.3. The molecule has 0 bridgehead atoms. The number of amides is 1. The lowest BCUT2D eigenvalue weighted by molar-refractivity contribution is -0.113. The van der Waals surface area contributed by atoms with Gasteiger partial charge < -0.3 is 9.88 Å². The third-order valence-corrected chi connectivity index (χ3v) is 5.90. The van der Waals surface area contributed by atoms with Crippen LogP contribution in [0.2, 0.25) is 0 Å². The van der Waals surface area contributed by atoms with Crippen LogP contribution in [0, 0.1) is 0 Å². The van der Waals surface area contributed by atoms with Crippen LogP contribution in [0.4, 0.5) is 5.69 Å². The Morgan fingerprint density at radius 1 is 0.931 bits per heavy atom. The van der Waals surface area contributed by atoms with Gasteiger partial charge in [0.25, 0.3) is 0 Å². The number of nitrogens with one attached hydrogen (secondary N) is 1. The second-order valence-corrected chi connectivity index (χ2v) is 8.10. The number of nitrogens with zero attached hydrogens (tertiary/aromatic N) is 4. The minimum atomic E-state index is -0.0449. The Bertz CT molecular complexity index is 923. The molecule has 3 aromatic rings. The number of hydrogen-bond acceptors (Lipinski definition) is 5. The van der Waals surface area contributed by atoms with Crippen LogP contribution in [-0.2, 0) is 17.9 Å². The molecule has 0 unspecified atom stereocenters. The number of carbonyl (C=O) groups excluding carboxylic acids is 1. The second kappa shape index (κ2) is 9.71. The zero-order valence-electron chi connectivity index (χ0n) is 16.3. The average Bonchev–Trinajstić information content (AvgIpc) is 3.39. The van der Waals surface area contributed by atoms with E-state index in [1.165, 1.54) is 30.2 Å². The van der Waals surface area contributed by atoms with Gasteiger partial charge in [0, 0.05) is 5.69 Å². The van der Waals surface area contributed by atoms with E-state index >= 15 is 0 Å². The Labute approximate surface area is 175 Å². The highest BCUT2D eigenvalue weighted by molar-refractivity contribution is 7.99. The highest BCUT2D eigenvalue weighted by atomic mass is 32.2. The lowest BCUT2D eigenvalue weighted by Gasteiger charge is -2.16. The van der Waals surface area contributed by atoms with Gasteiger partial charge in [-0.05, 0) is 43.6 Å². The summed E-state index contributed by atoms with van der Waals surface area (Å²) in [7, 11) is 0. The molecule has 1 N–H and O–H groups in total. The summed E-state index contributed by atoms with van der Waals surface area (Å²) in [5, 5.41) is 12.6. The highest BCUT2D eigenvalue weighted by Crippen LogP contribution is 2.21. The zero-order valence-corrected chi connectivity index (χ0v) is 17.1. The molecule has 1 aliphatic heterocycles. The molecule has 6 nitrogen and oxygen atoms in total. The van der Waals surface area contributed by atoms with E-state index in [4.69, 9.17) is 0 Å². The van der Waals surface area contributed by atoms with Gasteiger partial charge in [-0.25, -0.2) is 0 Å². The summed E-state index contributed by atoms with van der Waals surface area (Å²) in [6.07, 6.45) is 2.49. The van der Waals surface area contributed by atoms with Gasteiger partial charge in [0.15, 0.2) is 5.16 Å². The molecule has 150 valence electrons. The Hall–Kier alpha value is -2.64. The first kappa shape index (κ1) is 19.7. The van der Waals surface area contributed by atoms with Gasteiger partial charge in [-0.2, -0.15) is 0 Å². The molecule has 0 atom stereocenters. The molecular formula is C22H25N5OS. The molecule has 2 heterocycles. The molecule has 0 aliphatic carbocycles. The van der Waals surface area contributed by atoms with Gasteiger partial charge in [-0.1, -0.05) is 60.3 Å². The Morgan fingerprint density at radius 2 is 1.62 bits per heavy atom. The van der Waals surface area contributed by atoms with Crippen LogP contribution >= 0.6 is 11.8 Å². The number of hydrogen-bond donors (Lipinski definition) is 1. The minimum Gasteiger partial charge on any atom is -0.325 e. The van der Waals surface area contributed by atoms with Crippen LogP contribution in [0.3, 0.4) is 0 Å². The fourth-order valence-electron chi connectivity index (χ4n) is 3.46. The summed E-state index contributed by atoms with van der Waals surface area (Å²) in [4.78, 5) is 14.8. The van der Waals surface area contributed by atoms with E-state index in [-0.39, 0.29) is 5.91 Å². The standard InChI is InChI=1S/C22H25N5OS/c28-21(23-19-11-5-2-6-12-19)17-29-22-25-24-20(16-26-13-7-8-14-26)27(22)15-18-9-3-1-4-10-18/h1-6,9-12H,7-8,13-17H2,(H,23,28). The summed E-state index contributed by atoms with van der Waals surface area (Å²) in [5.41, 5.74) is 2.00. The third-order valence-electron chi connectivity index (χ3n) is 4.93. The maximum atomic E-state index is 12.3. The van der Waals surface area contributed by atoms with Crippen molar-refractivity contribution >= 4 is 23.4 Å². The number of carbonyl (C=O) groups is 1. The molecule has 4 rings (SSSR count). The summed E-state index contributed by atoms with van der Waals surface area (Å²) in [5.74, 6) is 1.21. The molecule has 0 saturated carbocycles. The first-order valence-electron chi connectivity index (χ1n) is 9.94. The maximum absolute atomic E-state index is 12.3. The summed E-state index contributed by atoms with van der Waals surface area (Å²) in [6.45, 7) is 3.73. The topological polar surface area (TPSA) is 63.1 Å². The predicted octanol–water partition coefficient (Wildman–Crippen LogP) is 3.65. The van der Waals surface area contributed by atoms with E-state index in [1.807, 2.05) is 48.5 Å². The third kappa shape index (κ3) is 5.46. The van der Waals surface area contributed by atoms with Gasteiger partial charge in [0.2, 0.25) is 5.91 Å². The zero-order chi connectivity index (χ0) is 19.9. The number of thioether (sulfide) groups is 1. The highest BCUT2D eigenvalue weighted by Gasteiger charge is 2.19. The van der Waals surface area contributed by atoms with Gasteiger partial charge in [-0.15, -0.1) is 10.2 Å². The Morgan fingerprint density at radius 3 is 2.34 bits per heavy atom.